The van der Waals surface area contributed by atoms with Crippen LogP contribution in [0.25, 0.3) is 34.3 Å². The highest BCUT2D eigenvalue weighted by atomic mass is 35.5. The third kappa shape index (κ3) is 4.57. The van der Waals surface area contributed by atoms with Crippen LogP contribution in [0.3, 0.4) is 0 Å². The van der Waals surface area contributed by atoms with Gasteiger partial charge in [0, 0.05) is 29.0 Å². The largest absolute Gasteiger partial charge is 0.372 e. The number of nitrogens with one attached hydrogen (secondary N) is 4. The maximum atomic E-state index is 14.9. The minimum absolute atomic E-state index is 0.190. The summed E-state index contributed by atoms with van der Waals surface area (Å²) in [6.45, 7) is 6.58. The lowest BCUT2D eigenvalue weighted by molar-refractivity contribution is 0.630. The number of nitrogens with zero attached hydrogens (tertiary/aromatic N) is 2. The van der Waals surface area contributed by atoms with E-state index in [1.807, 2.05) is 19.1 Å². The summed E-state index contributed by atoms with van der Waals surface area (Å²) in [6, 6.07) is 8.47. The van der Waals surface area contributed by atoms with Crippen LogP contribution in [-0.4, -0.2) is 26.7 Å². The SMILES string of the molecule is C=C(NCC)Nc1nc2cc(-c3cc(Cc4n[nH]c(=O)c5c4=CCCC=5)ccc3F)cc(Cl)c2[nH]1. The predicted octanol–water partition coefficient (Wildman–Crippen LogP) is 3.54. The van der Waals surface area contributed by atoms with Gasteiger partial charge in [0.25, 0.3) is 5.56 Å². The third-order valence-corrected chi connectivity index (χ3v) is 6.22. The van der Waals surface area contributed by atoms with Crippen LogP contribution < -0.4 is 26.6 Å². The number of H-pyrrole nitrogens is 2. The van der Waals surface area contributed by atoms with Crippen LogP contribution in [0.1, 0.15) is 31.0 Å². The lowest BCUT2D eigenvalue weighted by Gasteiger charge is -2.09. The first-order valence-electron chi connectivity index (χ1n) is 11.4. The van der Waals surface area contributed by atoms with Gasteiger partial charge < -0.3 is 15.6 Å². The average Bonchev–Trinajstić information content (AvgIpc) is 3.25. The van der Waals surface area contributed by atoms with Crippen molar-refractivity contribution in [1.82, 2.24) is 25.5 Å². The first-order valence-corrected chi connectivity index (χ1v) is 11.8. The summed E-state index contributed by atoms with van der Waals surface area (Å²) in [5.41, 5.74) is 3.70. The number of anilines is 1. The zero-order valence-corrected chi connectivity index (χ0v) is 19.9. The van der Waals surface area contributed by atoms with Crippen molar-refractivity contribution in [2.75, 3.05) is 11.9 Å². The predicted molar refractivity (Wildman–Crippen MR) is 138 cm³/mol. The van der Waals surface area contributed by atoms with Crippen molar-refractivity contribution in [3.8, 4) is 11.1 Å². The maximum absolute atomic E-state index is 14.9. The quantitative estimate of drug-likeness (QED) is 0.317. The first kappa shape index (κ1) is 22.9. The summed E-state index contributed by atoms with van der Waals surface area (Å²) in [6.07, 6.45) is 6.12. The fourth-order valence-electron chi connectivity index (χ4n) is 4.32. The molecule has 178 valence electrons. The molecule has 4 N–H and O–H groups in total. The number of hydrogen-bond acceptors (Lipinski definition) is 5. The second-order valence-electron chi connectivity index (χ2n) is 8.37. The molecule has 2 heterocycles. The van der Waals surface area contributed by atoms with Crippen molar-refractivity contribution in [2.45, 2.75) is 26.2 Å². The molecule has 0 atom stereocenters. The van der Waals surface area contributed by atoms with Gasteiger partial charge in [-0.05, 0) is 55.2 Å². The molecule has 0 spiro atoms. The molecule has 4 aromatic rings. The molecule has 9 heteroatoms. The first-order chi connectivity index (χ1) is 16.9. The summed E-state index contributed by atoms with van der Waals surface area (Å²) in [7, 11) is 0. The monoisotopic (exact) mass is 490 g/mol. The lowest BCUT2D eigenvalue weighted by atomic mass is 9.98. The van der Waals surface area contributed by atoms with Crippen molar-refractivity contribution in [2.24, 2.45) is 0 Å². The van der Waals surface area contributed by atoms with Crippen LogP contribution in [0, 0.1) is 5.82 Å². The lowest BCUT2D eigenvalue weighted by Crippen LogP contribution is -2.45. The van der Waals surface area contributed by atoms with Crippen LogP contribution in [0.2, 0.25) is 5.02 Å². The molecule has 0 radical (unpaired) electrons. The van der Waals surface area contributed by atoms with Gasteiger partial charge in [0.15, 0.2) is 0 Å². The summed E-state index contributed by atoms with van der Waals surface area (Å²) in [5.74, 6) is 0.727. The smallest absolute Gasteiger partial charge is 0.271 e. The topological polar surface area (TPSA) is 98.5 Å². The van der Waals surface area contributed by atoms with Crippen molar-refractivity contribution < 1.29 is 4.39 Å². The van der Waals surface area contributed by atoms with Crippen molar-refractivity contribution in [3.63, 3.8) is 0 Å². The van der Waals surface area contributed by atoms with Gasteiger partial charge in [-0.25, -0.2) is 14.5 Å². The Balaban J connectivity index is 1.51. The van der Waals surface area contributed by atoms with Gasteiger partial charge in [-0.15, -0.1) is 0 Å². The average molecular weight is 491 g/mol. The van der Waals surface area contributed by atoms with Gasteiger partial charge in [0.05, 0.1) is 27.6 Å². The zero-order valence-electron chi connectivity index (χ0n) is 19.1. The molecule has 1 aliphatic rings. The molecule has 0 amide bonds. The van der Waals surface area contributed by atoms with Gasteiger partial charge in [-0.1, -0.05) is 36.4 Å². The Bertz CT molecular complexity index is 1640. The number of halogens is 2. The molecule has 7 nitrogen and oxygen atoms in total. The molecule has 1 aliphatic carbocycles. The van der Waals surface area contributed by atoms with E-state index < -0.39 is 0 Å². The molecule has 0 bridgehead atoms. The number of rotatable bonds is 7. The van der Waals surface area contributed by atoms with Gasteiger partial charge in [0.1, 0.15) is 5.82 Å². The number of aromatic nitrogens is 4. The van der Waals surface area contributed by atoms with Gasteiger partial charge in [0.2, 0.25) is 5.95 Å². The Hall–Kier alpha value is -3.91. The fraction of sp³-hybridized carbons (Fsp3) is 0.192. The van der Waals surface area contributed by atoms with E-state index in [0.29, 0.717) is 50.6 Å². The van der Waals surface area contributed by atoms with Crippen LogP contribution in [0.15, 0.2) is 47.5 Å². The van der Waals surface area contributed by atoms with Crippen LogP contribution >= 0.6 is 11.6 Å². The van der Waals surface area contributed by atoms with Crippen molar-refractivity contribution in [3.05, 3.63) is 85.6 Å². The van der Waals surface area contributed by atoms with Crippen molar-refractivity contribution in [1.29, 1.82) is 0 Å². The highest BCUT2D eigenvalue weighted by Gasteiger charge is 2.14. The Morgan fingerprint density at radius 1 is 1.20 bits per heavy atom. The molecule has 0 aliphatic heterocycles. The Labute approximate surface area is 205 Å². The van der Waals surface area contributed by atoms with Crippen LogP contribution in [-0.2, 0) is 6.42 Å². The molecule has 0 saturated heterocycles. The minimum Gasteiger partial charge on any atom is -0.372 e. The van der Waals surface area contributed by atoms with E-state index in [0.717, 1.165) is 35.9 Å². The summed E-state index contributed by atoms with van der Waals surface area (Å²) >= 11 is 6.53. The molecule has 0 fully saturated rings. The van der Waals surface area contributed by atoms with E-state index in [-0.39, 0.29) is 11.4 Å². The van der Waals surface area contributed by atoms with E-state index in [1.165, 1.54) is 6.07 Å². The molecule has 2 aromatic heterocycles. The van der Waals surface area contributed by atoms with E-state index >= 15 is 0 Å². The molecule has 35 heavy (non-hydrogen) atoms. The summed E-state index contributed by atoms with van der Waals surface area (Å²) in [4.78, 5) is 19.8. The van der Waals surface area contributed by atoms with E-state index in [2.05, 4.69) is 37.4 Å². The van der Waals surface area contributed by atoms with Gasteiger partial charge in [-0.3, -0.25) is 4.79 Å². The number of aromatic amines is 2. The second kappa shape index (κ2) is 9.38. The highest BCUT2D eigenvalue weighted by Crippen LogP contribution is 2.32. The van der Waals surface area contributed by atoms with Crippen molar-refractivity contribution >= 4 is 40.7 Å². The molecular formula is C26H24ClFN6O. The second-order valence-corrected chi connectivity index (χ2v) is 8.78. The number of imidazole rings is 1. The Morgan fingerprint density at radius 3 is 2.80 bits per heavy atom. The maximum Gasteiger partial charge on any atom is 0.271 e. The van der Waals surface area contributed by atoms with Gasteiger partial charge in [-0.2, -0.15) is 5.10 Å². The summed E-state index contributed by atoms with van der Waals surface area (Å²) < 4.78 is 14.9. The van der Waals surface area contributed by atoms with E-state index in [9.17, 15) is 9.18 Å². The minimum atomic E-state index is -0.366. The van der Waals surface area contributed by atoms with E-state index in [1.54, 1.807) is 24.3 Å². The zero-order chi connectivity index (χ0) is 24.5. The fourth-order valence-corrected chi connectivity index (χ4v) is 4.58. The van der Waals surface area contributed by atoms with Crippen LogP contribution in [0.4, 0.5) is 10.3 Å². The van der Waals surface area contributed by atoms with Crippen LogP contribution in [0.5, 0.6) is 0 Å². The summed E-state index contributed by atoms with van der Waals surface area (Å²) in [5, 5.41) is 14.9. The molecule has 0 saturated carbocycles. The standard InChI is InChI=1S/C26H24ClFN6O/c1-3-29-14(2)30-26-31-23-13-16(12-20(27)24(23)32-26)19-10-15(8-9-21(19)28)11-22-17-6-4-5-7-18(17)25(35)34-33-22/h6-10,12-13,29H,2-5,11H2,1H3,(H,34,35)(H2,30,31,32). The third-order valence-electron chi connectivity index (χ3n) is 5.92. The number of fused-ring (bicyclic) bond motifs is 2. The van der Waals surface area contributed by atoms with Gasteiger partial charge >= 0.3 is 0 Å². The Morgan fingerprint density at radius 2 is 2.00 bits per heavy atom. The molecule has 5 rings (SSSR count). The number of benzene rings is 2. The molecule has 2 aromatic carbocycles. The Kier molecular flexibility index (Phi) is 6.13. The number of hydrogen-bond donors (Lipinski definition) is 4. The highest BCUT2D eigenvalue weighted by molar-refractivity contribution is 6.35. The molecular weight excluding hydrogens is 467 g/mol. The molecule has 0 unspecified atom stereocenters. The van der Waals surface area contributed by atoms with E-state index in [4.69, 9.17) is 11.6 Å². The normalized spacial score (nSPS) is 12.5.